The number of Topliss-reactive ketones (excluding diaryl/α,β-unsaturated/α-hetero) is 1. The summed E-state index contributed by atoms with van der Waals surface area (Å²) >= 11 is 0. The van der Waals surface area contributed by atoms with Crippen LogP contribution in [0.3, 0.4) is 0 Å². The average Bonchev–Trinajstić information content (AvgIpc) is 3.67. The Balaban J connectivity index is 1.24. The van der Waals surface area contributed by atoms with Crippen LogP contribution < -0.4 is 10.1 Å². The lowest BCUT2D eigenvalue weighted by Crippen LogP contribution is -2.38. The number of anilines is 1. The van der Waals surface area contributed by atoms with Crippen molar-refractivity contribution in [1.82, 2.24) is 4.90 Å². The predicted octanol–water partition coefficient (Wildman–Crippen LogP) is 3.86. The number of carbonyl (C=O) groups excluding carboxylic acids is 2. The second-order valence-electron chi connectivity index (χ2n) is 8.64. The largest absolute Gasteiger partial charge is 0.492 e. The van der Waals surface area contributed by atoms with E-state index in [4.69, 9.17) is 9.47 Å². The molecule has 2 atom stereocenters. The van der Waals surface area contributed by atoms with E-state index in [0.717, 1.165) is 61.4 Å². The zero-order chi connectivity index (χ0) is 22.6. The van der Waals surface area contributed by atoms with Crippen molar-refractivity contribution in [3.05, 3.63) is 72.3 Å². The van der Waals surface area contributed by atoms with Gasteiger partial charge in [0.05, 0.1) is 13.2 Å². The van der Waals surface area contributed by atoms with Gasteiger partial charge in [0.15, 0.2) is 0 Å². The first-order chi connectivity index (χ1) is 16.2. The fraction of sp³-hybridized carbons (Fsp3) is 0.333. The molecule has 1 heterocycles. The third-order valence-electron chi connectivity index (χ3n) is 6.48. The quantitative estimate of drug-likeness (QED) is 0.535. The van der Waals surface area contributed by atoms with Crippen LogP contribution in [0.15, 0.2) is 66.7 Å². The minimum atomic E-state index is -0.551. The number of nitrogens with one attached hydrogen (secondary N) is 1. The van der Waals surface area contributed by atoms with Crippen molar-refractivity contribution in [3.8, 4) is 5.75 Å². The van der Waals surface area contributed by atoms with Crippen LogP contribution in [0.4, 0.5) is 5.69 Å². The summed E-state index contributed by atoms with van der Waals surface area (Å²) in [6, 6.07) is 21.4. The van der Waals surface area contributed by atoms with Gasteiger partial charge in [0.25, 0.3) is 5.91 Å². The Morgan fingerprint density at radius 1 is 0.939 bits per heavy atom. The van der Waals surface area contributed by atoms with Gasteiger partial charge in [-0.25, -0.2) is 0 Å². The summed E-state index contributed by atoms with van der Waals surface area (Å²) in [6.07, 6.45) is 0.729. The molecule has 1 aliphatic heterocycles. The van der Waals surface area contributed by atoms with Crippen molar-refractivity contribution in [3.63, 3.8) is 0 Å². The van der Waals surface area contributed by atoms with Gasteiger partial charge in [0, 0.05) is 42.0 Å². The maximum atomic E-state index is 12.7. The van der Waals surface area contributed by atoms with E-state index < -0.39 is 5.91 Å². The van der Waals surface area contributed by atoms with Gasteiger partial charge in [0.1, 0.15) is 12.4 Å². The van der Waals surface area contributed by atoms with E-state index in [1.54, 1.807) is 0 Å². The molecule has 3 aromatic carbocycles. The Kier molecular flexibility index (Phi) is 6.37. The molecule has 1 saturated heterocycles. The first kappa shape index (κ1) is 21.6. The molecule has 0 aromatic heterocycles. The highest BCUT2D eigenvalue weighted by atomic mass is 16.5. The van der Waals surface area contributed by atoms with Crippen LogP contribution >= 0.6 is 0 Å². The Morgan fingerprint density at radius 3 is 2.45 bits per heavy atom. The van der Waals surface area contributed by atoms with Crippen LogP contribution in [-0.4, -0.2) is 56.0 Å². The maximum Gasteiger partial charge on any atom is 0.292 e. The van der Waals surface area contributed by atoms with Crippen molar-refractivity contribution in [1.29, 1.82) is 0 Å². The molecule has 1 N–H and O–H groups in total. The molecule has 1 saturated carbocycles. The third kappa shape index (κ3) is 4.92. The van der Waals surface area contributed by atoms with Crippen LogP contribution in [0.5, 0.6) is 5.75 Å². The fourth-order valence-corrected chi connectivity index (χ4v) is 4.52. The molecule has 1 amide bonds. The number of benzene rings is 3. The van der Waals surface area contributed by atoms with E-state index in [9.17, 15) is 9.59 Å². The molecule has 6 heteroatoms. The number of rotatable bonds is 8. The van der Waals surface area contributed by atoms with Gasteiger partial charge in [-0.3, -0.25) is 14.5 Å². The van der Waals surface area contributed by atoms with Gasteiger partial charge in [-0.15, -0.1) is 0 Å². The number of carbonyl (C=O) groups is 2. The van der Waals surface area contributed by atoms with Crippen molar-refractivity contribution in [2.75, 3.05) is 44.8 Å². The molecule has 3 aromatic rings. The number of morpholine rings is 1. The Labute approximate surface area is 193 Å². The van der Waals surface area contributed by atoms with Crippen LogP contribution in [0.2, 0.25) is 0 Å². The molecule has 0 spiro atoms. The van der Waals surface area contributed by atoms with E-state index in [1.165, 1.54) is 0 Å². The molecule has 2 fully saturated rings. The monoisotopic (exact) mass is 444 g/mol. The normalized spacial score (nSPS) is 20.4. The molecule has 33 heavy (non-hydrogen) atoms. The SMILES string of the molecule is O=C(Nc1ccc(OCCN2CCOCC2)c2ccccc12)C(=O)C1CC1c1ccccc1. The predicted molar refractivity (Wildman–Crippen MR) is 128 cm³/mol. The van der Waals surface area contributed by atoms with E-state index in [2.05, 4.69) is 10.2 Å². The van der Waals surface area contributed by atoms with Crippen molar-refractivity contribution in [2.24, 2.45) is 5.92 Å². The van der Waals surface area contributed by atoms with Gasteiger partial charge in [-0.2, -0.15) is 0 Å². The van der Waals surface area contributed by atoms with Crippen LogP contribution in [0, 0.1) is 5.92 Å². The Bertz CT molecular complexity index is 1140. The van der Waals surface area contributed by atoms with Gasteiger partial charge < -0.3 is 14.8 Å². The molecule has 2 aliphatic rings. The number of fused-ring (bicyclic) bond motifs is 1. The van der Waals surface area contributed by atoms with Gasteiger partial charge in [-0.1, -0.05) is 54.6 Å². The van der Waals surface area contributed by atoms with Crippen LogP contribution in [0.1, 0.15) is 17.9 Å². The summed E-state index contributed by atoms with van der Waals surface area (Å²) in [7, 11) is 0. The topological polar surface area (TPSA) is 67.9 Å². The summed E-state index contributed by atoms with van der Waals surface area (Å²) in [6.45, 7) is 4.81. The number of ketones is 1. The minimum Gasteiger partial charge on any atom is -0.492 e. The third-order valence-corrected chi connectivity index (χ3v) is 6.48. The van der Waals surface area contributed by atoms with E-state index >= 15 is 0 Å². The molecule has 1 aliphatic carbocycles. The fourth-order valence-electron chi connectivity index (χ4n) is 4.52. The minimum absolute atomic E-state index is 0.142. The van der Waals surface area contributed by atoms with Crippen molar-refractivity contribution < 1.29 is 19.1 Å². The zero-order valence-corrected chi connectivity index (χ0v) is 18.5. The Morgan fingerprint density at radius 2 is 1.67 bits per heavy atom. The molecule has 5 rings (SSSR count). The molecular weight excluding hydrogens is 416 g/mol. The summed E-state index contributed by atoms with van der Waals surface area (Å²) in [4.78, 5) is 27.8. The lowest BCUT2D eigenvalue weighted by atomic mass is 10.1. The first-order valence-corrected chi connectivity index (χ1v) is 11.6. The first-order valence-electron chi connectivity index (χ1n) is 11.6. The molecule has 0 radical (unpaired) electrons. The highest BCUT2D eigenvalue weighted by Crippen LogP contribution is 2.48. The maximum absolute atomic E-state index is 12.7. The molecular formula is C27H28N2O4. The highest BCUT2D eigenvalue weighted by Gasteiger charge is 2.46. The highest BCUT2D eigenvalue weighted by molar-refractivity contribution is 6.42. The smallest absolute Gasteiger partial charge is 0.292 e. The lowest BCUT2D eigenvalue weighted by Gasteiger charge is -2.26. The molecule has 170 valence electrons. The molecule has 2 unspecified atom stereocenters. The average molecular weight is 445 g/mol. The zero-order valence-electron chi connectivity index (χ0n) is 18.5. The summed E-state index contributed by atoms with van der Waals surface area (Å²) in [5.41, 5.74) is 1.74. The second-order valence-corrected chi connectivity index (χ2v) is 8.64. The number of nitrogens with zero attached hydrogens (tertiary/aromatic N) is 1. The number of amides is 1. The summed E-state index contributed by atoms with van der Waals surface area (Å²) in [5, 5.41) is 4.62. The van der Waals surface area contributed by atoms with E-state index in [1.807, 2.05) is 66.7 Å². The standard InChI is InChI=1S/C27H28N2O4/c30-26(23-18-22(23)19-6-2-1-3-7-19)27(31)28-24-10-11-25(21-9-5-4-8-20(21)24)33-17-14-29-12-15-32-16-13-29/h1-11,22-23H,12-18H2,(H,28,31). The van der Waals surface area contributed by atoms with Crippen LogP contribution in [-0.2, 0) is 14.3 Å². The van der Waals surface area contributed by atoms with Gasteiger partial charge >= 0.3 is 0 Å². The number of hydrogen-bond acceptors (Lipinski definition) is 5. The van der Waals surface area contributed by atoms with Crippen LogP contribution in [0.25, 0.3) is 10.8 Å². The molecule has 0 bridgehead atoms. The summed E-state index contributed by atoms with van der Waals surface area (Å²) < 4.78 is 11.5. The lowest BCUT2D eigenvalue weighted by molar-refractivity contribution is -0.135. The second kappa shape index (κ2) is 9.73. The molecule has 6 nitrogen and oxygen atoms in total. The van der Waals surface area contributed by atoms with E-state index in [-0.39, 0.29) is 17.6 Å². The summed E-state index contributed by atoms with van der Waals surface area (Å²) in [5.74, 6) is -0.220. The number of hydrogen-bond donors (Lipinski definition) is 1. The van der Waals surface area contributed by atoms with Crippen molar-refractivity contribution in [2.45, 2.75) is 12.3 Å². The van der Waals surface area contributed by atoms with Crippen molar-refractivity contribution >= 4 is 28.2 Å². The van der Waals surface area contributed by atoms with Gasteiger partial charge in [-0.05, 0) is 30.0 Å². The number of ether oxygens (including phenoxy) is 2. The van der Waals surface area contributed by atoms with E-state index in [0.29, 0.717) is 12.3 Å². The van der Waals surface area contributed by atoms with Gasteiger partial charge in [0.2, 0.25) is 5.78 Å². The Hall–Kier alpha value is -3.22.